The largest absolute Gasteiger partial charge is 0.382 e. The minimum Gasteiger partial charge on any atom is -0.382 e. The van der Waals surface area contributed by atoms with Gasteiger partial charge in [0.05, 0.1) is 44.6 Å². The van der Waals surface area contributed by atoms with Gasteiger partial charge in [-0.1, -0.05) is 37.3 Å². The van der Waals surface area contributed by atoms with Crippen LogP contribution < -0.4 is 0 Å². The first-order valence-corrected chi connectivity index (χ1v) is 9.82. The summed E-state index contributed by atoms with van der Waals surface area (Å²) in [6.45, 7) is 9.62. The van der Waals surface area contributed by atoms with Crippen molar-refractivity contribution >= 4 is 0 Å². The van der Waals surface area contributed by atoms with E-state index in [0.717, 1.165) is 25.7 Å². The van der Waals surface area contributed by atoms with Gasteiger partial charge in [0.1, 0.15) is 0 Å². The van der Waals surface area contributed by atoms with Gasteiger partial charge in [-0.25, -0.2) is 0 Å². The Kier molecular flexibility index (Phi) is 9.19. The maximum Gasteiger partial charge on any atom is 0.173 e. The van der Waals surface area contributed by atoms with Crippen molar-refractivity contribution in [3.05, 3.63) is 42.8 Å². The lowest BCUT2D eigenvalue weighted by molar-refractivity contribution is -0.254. The molecule has 153 valence electrons. The van der Waals surface area contributed by atoms with Gasteiger partial charge in [-0.15, -0.1) is 0 Å². The number of hydrogen-bond donors (Lipinski definition) is 0. The fourth-order valence-corrected chi connectivity index (χ4v) is 4.06. The lowest BCUT2D eigenvalue weighted by Gasteiger charge is -2.45. The lowest BCUT2D eigenvalue weighted by Crippen LogP contribution is -2.52. The molecule has 27 heavy (non-hydrogen) atoms. The van der Waals surface area contributed by atoms with Gasteiger partial charge in [-0.05, 0) is 38.2 Å². The van der Waals surface area contributed by atoms with E-state index < -0.39 is 5.79 Å². The average molecular weight is 380 g/mol. The molecule has 1 aromatic carbocycles. The molecule has 1 aliphatic heterocycles. The van der Waals surface area contributed by atoms with Gasteiger partial charge in [-0.3, -0.25) is 0 Å². The third kappa shape index (κ3) is 5.52. The van der Waals surface area contributed by atoms with Crippen molar-refractivity contribution < 1.29 is 23.7 Å². The van der Waals surface area contributed by atoms with Crippen molar-refractivity contribution in [1.29, 1.82) is 0 Å². The summed E-state index contributed by atoms with van der Waals surface area (Å²) in [7, 11) is 3.30. The van der Waals surface area contributed by atoms with Crippen molar-refractivity contribution in [3.63, 3.8) is 0 Å². The monoisotopic (exact) mass is 379 g/mol. The summed E-state index contributed by atoms with van der Waals surface area (Å²) in [5, 5.41) is 0. The van der Waals surface area contributed by atoms with Crippen molar-refractivity contribution in [2.45, 2.75) is 51.1 Å². The molecule has 1 radical (unpaired) electrons. The molecule has 0 spiro atoms. The highest BCUT2D eigenvalue weighted by molar-refractivity contribution is 5.14. The van der Waals surface area contributed by atoms with Gasteiger partial charge < -0.3 is 23.7 Å². The Morgan fingerprint density at radius 3 is 2.26 bits per heavy atom. The molecule has 0 bridgehead atoms. The van der Waals surface area contributed by atoms with E-state index in [0.29, 0.717) is 33.0 Å². The Labute approximate surface area is 164 Å². The van der Waals surface area contributed by atoms with Crippen LogP contribution in [0.3, 0.4) is 0 Å². The first-order chi connectivity index (χ1) is 13.1. The van der Waals surface area contributed by atoms with Crippen molar-refractivity contribution in [3.8, 4) is 0 Å². The van der Waals surface area contributed by atoms with Crippen LogP contribution in [-0.4, -0.2) is 52.5 Å². The molecule has 1 heterocycles. The molecule has 5 heteroatoms. The third-order valence-electron chi connectivity index (χ3n) is 5.68. The summed E-state index contributed by atoms with van der Waals surface area (Å²) in [5.41, 5.74) is 1.08. The molecule has 1 aromatic rings. The summed E-state index contributed by atoms with van der Waals surface area (Å²) < 4.78 is 27.5. The molecule has 1 saturated heterocycles. The number of rotatable bonds is 8. The van der Waals surface area contributed by atoms with Gasteiger partial charge in [0.25, 0.3) is 0 Å². The van der Waals surface area contributed by atoms with Crippen LogP contribution in [-0.2, 0) is 30.3 Å². The standard InChI is InChI=1S/C18H25O3.C4H10O2/c1-3-18(17(2)20-12-13-21-17)11-7-10-16(18)19-14-15-8-5-4-6-9-15;1-5-3-4-6-2/h4-6,8-9,16H,1,3,7,10-14H2,2H3;3-4H2,1-2H3. The molecule has 0 amide bonds. The zero-order chi connectivity index (χ0) is 19.6. The zero-order valence-corrected chi connectivity index (χ0v) is 17.1. The van der Waals surface area contributed by atoms with Crippen LogP contribution in [0.2, 0.25) is 0 Å². The van der Waals surface area contributed by atoms with E-state index in [1.54, 1.807) is 14.2 Å². The average Bonchev–Trinajstić information content (AvgIpc) is 3.34. The molecule has 0 aromatic heterocycles. The van der Waals surface area contributed by atoms with E-state index in [2.05, 4.69) is 35.5 Å². The number of methoxy groups -OCH3 is 2. The van der Waals surface area contributed by atoms with Gasteiger partial charge in [0.15, 0.2) is 5.79 Å². The number of benzene rings is 1. The molecule has 0 N–H and O–H groups in total. The summed E-state index contributed by atoms with van der Waals surface area (Å²) in [4.78, 5) is 0. The molecular formula is C22H35O5. The van der Waals surface area contributed by atoms with E-state index in [4.69, 9.17) is 14.2 Å². The molecule has 3 rings (SSSR count). The Morgan fingerprint density at radius 2 is 1.70 bits per heavy atom. The van der Waals surface area contributed by atoms with Crippen LogP contribution in [0.15, 0.2) is 30.3 Å². The minimum atomic E-state index is -0.549. The highest BCUT2D eigenvalue weighted by Gasteiger charge is 2.58. The zero-order valence-electron chi connectivity index (χ0n) is 17.1. The van der Waals surface area contributed by atoms with Gasteiger partial charge in [-0.2, -0.15) is 0 Å². The van der Waals surface area contributed by atoms with E-state index in [1.165, 1.54) is 5.56 Å². The van der Waals surface area contributed by atoms with Crippen LogP contribution in [0.1, 0.15) is 38.2 Å². The molecule has 2 unspecified atom stereocenters. The van der Waals surface area contributed by atoms with Crippen LogP contribution in [0, 0.1) is 12.3 Å². The van der Waals surface area contributed by atoms with Crippen molar-refractivity contribution in [2.24, 2.45) is 5.41 Å². The quantitative estimate of drug-likeness (QED) is 0.639. The molecule has 1 aliphatic carbocycles. The Morgan fingerprint density at radius 1 is 1.07 bits per heavy atom. The second-order valence-electron chi connectivity index (χ2n) is 7.21. The summed E-state index contributed by atoms with van der Waals surface area (Å²) in [5.74, 6) is -0.549. The normalized spacial score (nSPS) is 26.6. The van der Waals surface area contributed by atoms with E-state index >= 15 is 0 Å². The van der Waals surface area contributed by atoms with Crippen LogP contribution in [0.4, 0.5) is 0 Å². The topological polar surface area (TPSA) is 46.2 Å². The van der Waals surface area contributed by atoms with Gasteiger partial charge >= 0.3 is 0 Å². The van der Waals surface area contributed by atoms with Crippen molar-refractivity contribution in [1.82, 2.24) is 0 Å². The highest BCUT2D eigenvalue weighted by Crippen LogP contribution is 2.53. The maximum absolute atomic E-state index is 6.27. The summed E-state index contributed by atoms with van der Waals surface area (Å²) in [6, 6.07) is 10.3. The molecule has 1 saturated carbocycles. The Balaban J connectivity index is 0.000000380. The second-order valence-corrected chi connectivity index (χ2v) is 7.21. The second kappa shape index (κ2) is 11.1. The Bertz CT molecular complexity index is 511. The first-order valence-electron chi connectivity index (χ1n) is 9.82. The SMILES string of the molecule is COCCOC.[CH2]CC1(C2(C)OCCO2)CCCC1OCc1ccccc1. The van der Waals surface area contributed by atoms with E-state index in [-0.39, 0.29) is 11.5 Å². The fraction of sp³-hybridized carbons (Fsp3) is 0.682. The van der Waals surface area contributed by atoms with Crippen LogP contribution >= 0.6 is 0 Å². The highest BCUT2D eigenvalue weighted by atomic mass is 16.7. The van der Waals surface area contributed by atoms with Gasteiger partial charge in [0.2, 0.25) is 0 Å². The molecule has 2 aliphatic rings. The first kappa shape index (κ1) is 22.3. The van der Waals surface area contributed by atoms with Crippen molar-refractivity contribution in [2.75, 3.05) is 40.6 Å². The Hall–Kier alpha value is -0.980. The molecule has 5 nitrogen and oxygen atoms in total. The van der Waals surface area contributed by atoms with E-state index in [9.17, 15) is 0 Å². The predicted molar refractivity (Wildman–Crippen MR) is 105 cm³/mol. The minimum absolute atomic E-state index is 0.127. The lowest BCUT2D eigenvalue weighted by atomic mass is 9.74. The summed E-state index contributed by atoms with van der Waals surface area (Å²) >= 11 is 0. The molecular weight excluding hydrogens is 344 g/mol. The summed E-state index contributed by atoms with van der Waals surface area (Å²) in [6.07, 6.45) is 4.20. The fourth-order valence-electron chi connectivity index (χ4n) is 4.06. The van der Waals surface area contributed by atoms with Crippen LogP contribution in [0.5, 0.6) is 0 Å². The number of ether oxygens (including phenoxy) is 5. The van der Waals surface area contributed by atoms with Gasteiger partial charge in [0, 0.05) is 14.2 Å². The molecule has 2 fully saturated rings. The van der Waals surface area contributed by atoms with E-state index in [1.807, 2.05) is 18.2 Å². The third-order valence-corrected chi connectivity index (χ3v) is 5.68. The van der Waals surface area contributed by atoms with Crippen LogP contribution in [0.25, 0.3) is 0 Å². The smallest absolute Gasteiger partial charge is 0.173 e. The maximum atomic E-state index is 6.27. The predicted octanol–water partition coefficient (Wildman–Crippen LogP) is 4.01. The number of hydrogen-bond acceptors (Lipinski definition) is 5. The molecule has 2 atom stereocenters.